The van der Waals surface area contributed by atoms with Gasteiger partial charge in [-0.3, -0.25) is 0 Å². The third-order valence-electron chi connectivity index (χ3n) is 0. The summed E-state index contributed by atoms with van der Waals surface area (Å²) in [6, 6.07) is 0. The molecule has 0 atom stereocenters. The van der Waals surface area contributed by atoms with Crippen LogP contribution in [-0.4, -0.2) is 0 Å². The van der Waals surface area contributed by atoms with Gasteiger partial charge in [-0.05, 0) is 0 Å². The first-order chi connectivity index (χ1) is 1.41. The molecule has 0 fully saturated rings. The molecule has 1 radical (unpaired) electrons. The first-order valence-electron chi connectivity index (χ1n) is 1.21. The van der Waals surface area contributed by atoms with E-state index in [2.05, 4.69) is 6.92 Å². The van der Waals surface area contributed by atoms with Crippen LogP contribution < -0.4 is 0 Å². The van der Waals surface area contributed by atoms with Crippen LogP contribution in [0.3, 0.4) is 0 Å². The van der Waals surface area contributed by atoms with Crippen LogP contribution in [0, 0.1) is 6.92 Å². The van der Waals surface area contributed by atoms with E-state index in [1.54, 1.807) is 0 Å². The molecule has 4 heavy (non-hydrogen) atoms. The fraction of sp³-hybridized carbons (Fsp3) is 0.667. The first-order valence-corrected chi connectivity index (χ1v) is 1.21. The van der Waals surface area contributed by atoms with Crippen LogP contribution >= 0.6 is 0 Å². The van der Waals surface area contributed by atoms with E-state index in [9.17, 15) is 0 Å². The molecule has 1 heteroatoms. The Morgan fingerprint density at radius 1 is 1.75 bits per heavy atom. The van der Waals surface area contributed by atoms with Crippen molar-refractivity contribution in [3.8, 4) is 0 Å². The summed E-state index contributed by atoms with van der Waals surface area (Å²) < 4.78 is 0. The molecule has 0 saturated carbocycles. The van der Waals surface area contributed by atoms with Gasteiger partial charge in [-0.15, -0.1) is 0 Å². The molecular weight excluding hydrogens is 215 g/mol. The molecule has 0 nitrogen and oxygen atoms in total. The molecule has 0 aliphatic heterocycles. The summed E-state index contributed by atoms with van der Waals surface area (Å²) >= 11 is 0. The van der Waals surface area contributed by atoms with Gasteiger partial charge in [0.05, 0.1) is 0 Å². The topological polar surface area (TPSA) is 0 Å². The van der Waals surface area contributed by atoms with Crippen LogP contribution in [0.2, 0.25) is 0 Å². The van der Waals surface area contributed by atoms with Crippen LogP contribution in [0.4, 0.5) is 0 Å². The average Bonchev–Trinajstić information content (AvgIpc) is 0.918. The van der Waals surface area contributed by atoms with Crippen molar-refractivity contribution in [1.82, 2.24) is 0 Å². The predicted octanol–water partition coefficient (Wildman–Crippen LogP) is 1.23. The Kier molecular flexibility index (Phi) is 20.2. The monoisotopic (exact) mass is 223 g/mol. The Balaban J connectivity index is 0. The van der Waals surface area contributed by atoms with Gasteiger partial charge in [0.25, 0.3) is 0 Å². The van der Waals surface area contributed by atoms with Gasteiger partial charge in [-0.25, -0.2) is 0 Å². The first kappa shape index (κ1) is 8.85. The summed E-state index contributed by atoms with van der Waals surface area (Å²) in [7, 11) is 0. The van der Waals surface area contributed by atoms with Gasteiger partial charge in [0.15, 0.2) is 0 Å². The van der Waals surface area contributed by atoms with Crippen molar-refractivity contribution in [3.05, 3.63) is 6.92 Å². The number of rotatable bonds is 0. The van der Waals surface area contributed by atoms with Crippen LogP contribution in [0.5, 0.6) is 0 Å². The van der Waals surface area contributed by atoms with Crippen molar-refractivity contribution in [2.75, 3.05) is 0 Å². The normalized spacial score (nSPS) is 4.50. The molecule has 23 valence electrons. The fourth-order valence-electron chi connectivity index (χ4n) is 0. The third kappa shape index (κ3) is 13.3. The minimum atomic E-state index is 0. The Morgan fingerprint density at radius 2 is 1.75 bits per heavy atom. The Hall–Kier alpha value is 0.870. The average molecular weight is 222 g/mol. The fourth-order valence-corrected chi connectivity index (χ4v) is 0. The summed E-state index contributed by atoms with van der Waals surface area (Å²) in [5, 5.41) is 0. The maximum atomic E-state index is 3.49. The molecule has 0 aliphatic carbocycles. The van der Waals surface area contributed by atoms with Gasteiger partial charge >= 0.3 is 0 Å². The van der Waals surface area contributed by atoms with E-state index in [4.69, 9.17) is 0 Å². The second-order valence-electron chi connectivity index (χ2n) is 0.500. The molecule has 0 bridgehead atoms. The zero-order valence-corrected chi connectivity index (χ0v) is 6.51. The van der Waals surface area contributed by atoms with Crippen molar-refractivity contribution < 1.29 is 25.8 Å². The van der Waals surface area contributed by atoms with Crippen LogP contribution in [0.15, 0.2) is 0 Å². The Bertz CT molecular complexity index is 3.25. The van der Waals surface area contributed by atoms with Crippen LogP contribution in [0.25, 0.3) is 0 Å². The van der Waals surface area contributed by atoms with Crippen molar-refractivity contribution in [2.24, 2.45) is 0 Å². The predicted molar refractivity (Wildman–Crippen MR) is 15.6 cm³/mol. The minimum Gasteiger partial charge on any atom is -0.0654 e. The largest absolute Gasteiger partial charge is 0.0654 e. The number of hydrogen-bond donors (Lipinski definition) is 0. The summed E-state index contributed by atoms with van der Waals surface area (Å²) in [6.45, 7) is 5.50. The zero-order valence-electron chi connectivity index (χ0n) is 2.91. The van der Waals surface area contributed by atoms with Gasteiger partial charge in [0.2, 0.25) is 0 Å². The van der Waals surface area contributed by atoms with Crippen molar-refractivity contribution in [3.63, 3.8) is 0 Å². The smallest absolute Gasteiger partial charge is 0 e. The maximum absolute atomic E-state index is 3.49. The van der Waals surface area contributed by atoms with E-state index in [1.165, 1.54) is 0 Å². The van der Waals surface area contributed by atoms with Gasteiger partial charge < -0.3 is 0 Å². The quantitative estimate of drug-likeness (QED) is 0.540. The van der Waals surface area contributed by atoms with Gasteiger partial charge in [0.1, 0.15) is 0 Å². The van der Waals surface area contributed by atoms with Crippen molar-refractivity contribution in [2.45, 2.75) is 13.3 Å². The maximum Gasteiger partial charge on any atom is 0 e. The van der Waals surface area contributed by atoms with E-state index < -0.39 is 0 Å². The minimum absolute atomic E-state index is 0. The molecule has 0 aromatic rings. The number of hydrogen-bond acceptors (Lipinski definition) is 0. The van der Waals surface area contributed by atoms with Gasteiger partial charge in [-0.2, -0.15) is 0 Å². The van der Waals surface area contributed by atoms with Crippen molar-refractivity contribution >= 4 is 0 Å². The molecular formula is C3H7Hf. The standard InChI is InChI=1S/C3H7.Hf/c1-3-2;/h1,3H2,2H3;. The van der Waals surface area contributed by atoms with E-state index in [0.29, 0.717) is 0 Å². The molecule has 0 unspecified atom stereocenters. The molecule has 0 aromatic heterocycles. The van der Waals surface area contributed by atoms with Gasteiger partial charge in [0, 0.05) is 25.8 Å². The molecule has 0 aliphatic rings. The van der Waals surface area contributed by atoms with Crippen molar-refractivity contribution in [1.29, 1.82) is 0 Å². The molecule has 0 rings (SSSR count). The third-order valence-corrected chi connectivity index (χ3v) is 0. The zero-order chi connectivity index (χ0) is 2.71. The molecule has 0 spiro atoms. The van der Waals surface area contributed by atoms with Gasteiger partial charge in [-0.1, -0.05) is 20.3 Å². The second kappa shape index (κ2) is 9.12. The summed E-state index contributed by atoms with van der Waals surface area (Å²) in [5.74, 6) is 0. The molecule has 0 saturated heterocycles. The Labute approximate surface area is 46.4 Å². The van der Waals surface area contributed by atoms with E-state index in [0.717, 1.165) is 6.42 Å². The van der Waals surface area contributed by atoms with E-state index in [-0.39, 0.29) is 25.8 Å². The summed E-state index contributed by atoms with van der Waals surface area (Å²) in [4.78, 5) is 0. The van der Waals surface area contributed by atoms with E-state index in [1.807, 2.05) is 6.92 Å². The SMILES string of the molecule is [CH2]CC.[Hf]. The van der Waals surface area contributed by atoms with E-state index >= 15 is 0 Å². The molecule has 0 N–H and O–H groups in total. The van der Waals surface area contributed by atoms with Crippen LogP contribution in [0.1, 0.15) is 13.3 Å². The summed E-state index contributed by atoms with van der Waals surface area (Å²) in [6.07, 6.45) is 1.00. The summed E-state index contributed by atoms with van der Waals surface area (Å²) in [5.41, 5.74) is 0. The second-order valence-corrected chi connectivity index (χ2v) is 0.500. The Morgan fingerprint density at radius 3 is 1.75 bits per heavy atom. The molecule has 0 amide bonds. The molecule has 0 heterocycles. The molecule has 0 aromatic carbocycles. The van der Waals surface area contributed by atoms with Crippen LogP contribution in [-0.2, 0) is 25.8 Å².